The fraction of sp³-hybridized carbons (Fsp3) is 0.471. The molecule has 1 aliphatic rings. The van der Waals surface area contributed by atoms with E-state index < -0.39 is 0 Å². The van der Waals surface area contributed by atoms with Gasteiger partial charge in [-0.15, -0.1) is 11.3 Å². The molecule has 2 amide bonds. The van der Waals surface area contributed by atoms with E-state index in [9.17, 15) is 9.59 Å². The Morgan fingerprint density at radius 2 is 2.26 bits per heavy atom. The summed E-state index contributed by atoms with van der Waals surface area (Å²) in [6.07, 6.45) is 0.276. The number of amides is 2. The summed E-state index contributed by atoms with van der Waals surface area (Å²) in [5.41, 5.74) is 1.73. The van der Waals surface area contributed by atoms with Crippen LogP contribution in [0, 0.1) is 18.8 Å². The molecule has 0 aliphatic carbocycles. The SMILES string of the molecule is Cc1nc2cc(N3CC(C(=O)NCC(C)C)CC3=O)ccc2s1. The summed E-state index contributed by atoms with van der Waals surface area (Å²) in [5.74, 6) is 0.109. The molecule has 6 heteroatoms. The maximum atomic E-state index is 12.3. The van der Waals surface area contributed by atoms with Crippen molar-refractivity contribution in [2.24, 2.45) is 11.8 Å². The molecule has 1 unspecified atom stereocenters. The van der Waals surface area contributed by atoms with Gasteiger partial charge < -0.3 is 10.2 Å². The van der Waals surface area contributed by atoms with Crippen LogP contribution in [0.3, 0.4) is 0 Å². The first-order valence-electron chi connectivity index (χ1n) is 7.89. The van der Waals surface area contributed by atoms with E-state index in [1.165, 1.54) is 0 Å². The molecule has 0 spiro atoms. The molecule has 0 radical (unpaired) electrons. The normalized spacial score (nSPS) is 18.2. The topological polar surface area (TPSA) is 62.3 Å². The minimum Gasteiger partial charge on any atom is -0.356 e. The van der Waals surface area contributed by atoms with Gasteiger partial charge in [0.25, 0.3) is 0 Å². The molecular weight excluding hydrogens is 310 g/mol. The van der Waals surface area contributed by atoms with Crippen LogP contribution in [0.25, 0.3) is 10.2 Å². The van der Waals surface area contributed by atoms with Crippen LogP contribution in [0.1, 0.15) is 25.3 Å². The summed E-state index contributed by atoms with van der Waals surface area (Å²) in [4.78, 5) is 30.7. The number of thiazole rings is 1. The van der Waals surface area contributed by atoms with Crippen molar-refractivity contribution in [1.82, 2.24) is 10.3 Å². The van der Waals surface area contributed by atoms with Gasteiger partial charge in [0.05, 0.1) is 21.1 Å². The third kappa shape index (κ3) is 3.37. The summed E-state index contributed by atoms with van der Waals surface area (Å²) < 4.78 is 1.11. The molecule has 0 bridgehead atoms. The standard InChI is InChI=1S/C17H21N3O2S/c1-10(2)8-18-17(22)12-6-16(21)20(9-12)13-4-5-15-14(7-13)19-11(3)23-15/h4-5,7,10,12H,6,8-9H2,1-3H3,(H,18,22). The van der Waals surface area contributed by atoms with E-state index in [2.05, 4.69) is 24.1 Å². The number of fused-ring (bicyclic) bond motifs is 1. The van der Waals surface area contributed by atoms with Crippen LogP contribution in [0.5, 0.6) is 0 Å². The Balaban J connectivity index is 1.74. The van der Waals surface area contributed by atoms with E-state index in [0.717, 1.165) is 20.9 Å². The zero-order chi connectivity index (χ0) is 16.6. The van der Waals surface area contributed by atoms with Gasteiger partial charge in [0.1, 0.15) is 0 Å². The Morgan fingerprint density at radius 1 is 1.48 bits per heavy atom. The van der Waals surface area contributed by atoms with Crippen molar-refractivity contribution in [2.45, 2.75) is 27.2 Å². The number of carbonyl (C=O) groups is 2. The summed E-state index contributed by atoms with van der Waals surface area (Å²) in [5, 5.41) is 3.93. The molecule has 23 heavy (non-hydrogen) atoms. The highest BCUT2D eigenvalue weighted by molar-refractivity contribution is 7.18. The first kappa shape index (κ1) is 15.9. The highest BCUT2D eigenvalue weighted by Gasteiger charge is 2.35. The number of hydrogen-bond donors (Lipinski definition) is 1. The van der Waals surface area contributed by atoms with Crippen LogP contribution < -0.4 is 10.2 Å². The van der Waals surface area contributed by atoms with Gasteiger partial charge in [-0.3, -0.25) is 9.59 Å². The van der Waals surface area contributed by atoms with Crippen LogP contribution in [-0.4, -0.2) is 29.9 Å². The van der Waals surface area contributed by atoms with Crippen molar-refractivity contribution in [3.05, 3.63) is 23.2 Å². The molecule has 122 valence electrons. The minimum absolute atomic E-state index is 0.000925. The van der Waals surface area contributed by atoms with Crippen molar-refractivity contribution in [3.63, 3.8) is 0 Å². The van der Waals surface area contributed by atoms with Crippen LogP contribution in [-0.2, 0) is 9.59 Å². The second-order valence-electron chi connectivity index (χ2n) is 6.43. The van der Waals surface area contributed by atoms with Gasteiger partial charge >= 0.3 is 0 Å². The molecule has 2 heterocycles. The molecule has 0 saturated carbocycles. The number of benzene rings is 1. The first-order valence-corrected chi connectivity index (χ1v) is 8.71. The fourth-order valence-corrected chi connectivity index (χ4v) is 3.59. The number of nitrogens with zero attached hydrogens (tertiary/aromatic N) is 2. The van der Waals surface area contributed by atoms with Crippen molar-refractivity contribution >= 4 is 39.1 Å². The van der Waals surface area contributed by atoms with Crippen molar-refractivity contribution in [3.8, 4) is 0 Å². The molecule has 1 aliphatic heterocycles. The predicted octanol–water partition coefficient (Wildman–Crippen LogP) is 2.73. The molecule has 5 nitrogen and oxygen atoms in total. The number of anilines is 1. The summed E-state index contributed by atoms with van der Waals surface area (Å²) in [6, 6.07) is 5.87. The average Bonchev–Trinajstić information content (AvgIpc) is 3.05. The van der Waals surface area contributed by atoms with Gasteiger partial charge in [-0.1, -0.05) is 13.8 Å². The van der Waals surface area contributed by atoms with Crippen molar-refractivity contribution < 1.29 is 9.59 Å². The third-order valence-electron chi connectivity index (χ3n) is 3.97. The lowest BCUT2D eigenvalue weighted by Gasteiger charge is -2.17. The third-order valence-corrected chi connectivity index (χ3v) is 4.92. The lowest BCUT2D eigenvalue weighted by Crippen LogP contribution is -2.35. The highest BCUT2D eigenvalue weighted by Crippen LogP contribution is 2.30. The lowest BCUT2D eigenvalue weighted by molar-refractivity contribution is -0.126. The molecular formula is C17H21N3O2S. The van der Waals surface area contributed by atoms with Gasteiger partial charge in [0.15, 0.2) is 0 Å². The Morgan fingerprint density at radius 3 is 3.00 bits per heavy atom. The number of carbonyl (C=O) groups excluding carboxylic acids is 2. The molecule has 3 rings (SSSR count). The zero-order valence-electron chi connectivity index (χ0n) is 13.6. The van der Waals surface area contributed by atoms with Crippen LogP contribution in [0.4, 0.5) is 5.69 Å². The monoisotopic (exact) mass is 331 g/mol. The summed E-state index contributed by atoms with van der Waals surface area (Å²) in [6.45, 7) is 7.17. The van der Waals surface area contributed by atoms with Crippen LogP contribution >= 0.6 is 11.3 Å². The lowest BCUT2D eigenvalue weighted by atomic mass is 10.1. The van der Waals surface area contributed by atoms with Gasteiger partial charge in [-0.2, -0.15) is 0 Å². The Hall–Kier alpha value is -1.95. The maximum absolute atomic E-state index is 12.3. The molecule has 1 atom stereocenters. The van der Waals surface area contributed by atoms with E-state index in [-0.39, 0.29) is 24.2 Å². The predicted molar refractivity (Wildman–Crippen MR) is 92.7 cm³/mol. The zero-order valence-corrected chi connectivity index (χ0v) is 14.4. The van der Waals surface area contributed by atoms with Gasteiger partial charge in [-0.25, -0.2) is 4.98 Å². The first-order chi connectivity index (χ1) is 10.9. The quantitative estimate of drug-likeness (QED) is 0.937. The second-order valence-corrected chi connectivity index (χ2v) is 7.66. The second kappa shape index (κ2) is 6.28. The Labute approximate surface area is 139 Å². The summed E-state index contributed by atoms with van der Waals surface area (Å²) >= 11 is 1.64. The van der Waals surface area contributed by atoms with Crippen LogP contribution in [0.15, 0.2) is 18.2 Å². The smallest absolute Gasteiger partial charge is 0.227 e. The molecule has 1 aromatic heterocycles. The molecule has 1 fully saturated rings. The number of aromatic nitrogens is 1. The maximum Gasteiger partial charge on any atom is 0.227 e. The number of nitrogens with one attached hydrogen (secondary N) is 1. The Kier molecular flexibility index (Phi) is 4.35. The number of aryl methyl sites for hydroxylation is 1. The Bertz CT molecular complexity index is 753. The number of hydrogen-bond acceptors (Lipinski definition) is 4. The highest BCUT2D eigenvalue weighted by atomic mass is 32.1. The molecule has 1 N–H and O–H groups in total. The summed E-state index contributed by atoms with van der Waals surface area (Å²) in [7, 11) is 0. The van der Waals surface area contributed by atoms with Gasteiger partial charge in [0, 0.05) is 25.2 Å². The van der Waals surface area contributed by atoms with Crippen LogP contribution in [0.2, 0.25) is 0 Å². The van der Waals surface area contributed by atoms with E-state index in [1.807, 2.05) is 25.1 Å². The van der Waals surface area contributed by atoms with E-state index in [0.29, 0.717) is 19.0 Å². The molecule has 2 aromatic rings. The molecule has 1 aromatic carbocycles. The van der Waals surface area contributed by atoms with E-state index in [1.54, 1.807) is 16.2 Å². The van der Waals surface area contributed by atoms with Crippen molar-refractivity contribution in [1.29, 1.82) is 0 Å². The minimum atomic E-state index is -0.269. The van der Waals surface area contributed by atoms with E-state index in [4.69, 9.17) is 0 Å². The van der Waals surface area contributed by atoms with E-state index >= 15 is 0 Å². The fourth-order valence-electron chi connectivity index (χ4n) is 2.78. The van der Waals surface area contributed by atoms with Gasteiger partial charge in [0.2, 0.25) is 11.8 Å². The largest absolute Gasteiger partial charge is 0.356 e. The molecule has 1 saturated heterocycles. The van der Waals surface area contributed by atoms with Gasteiger partial charge in [-0.05, 0) is 31.0 Å². The average molecular weight is 331 g/mol. The van der Waals surface area contributed by atoms with Crippen molar-refractivity contribution in [2.75, 3.05) is 18.0 Å². The number of rotatable bonds is 4.